The van der Waals surface area contributed by atoms with Gasteiger partial charge in [-0.3, -0.25) is 0 Å². The van der Waals surface area contributed by atoms with Crippen LogP contribution in [-0.4, -0.2) is 20.4 Å². The van der Waals surface area contributed by atoms with Crippen LogP contribution in [-0.2, 0) is 5.38 Å². The minimum Gasteiger partial charge on any atom is -0.383 e. The van der Waals surface area contributed by atoms with Crippen LogP contribution in [0.15, 0.2) is 45.8 Å². The molecule has 1 atom stereocenters. The second kappa shape index (κ2) is 5.47. The molecule has 0 fully saturated rings. The second-order valence-corrected chi connectivity index (χ2v) is 4.88. The van der Waals surface area contributed by atoms with Crippen LogP contribution in [0.3, 0.4) is 0 Å². The molecule has 0 spiro atoms. The fraction of sp³-hybridized carbons (Fsp3) is 0.154. The van der Waals surface area contributed by atoms with Gasteiger partial charge < -0.3 is 14.2 Å². The molecule has 2 heterocycles. The highest BCUT2D eigenvalue weighted by molar-refractivity contribution is 6.21. The van der Waals surface area contributed by atoms with Crippen molar-refractivity contribution < 1.29 is 22.9 Å². The van der Waals surface area contributed by atoms with E-state index < -0.39 is 17.4 Å². The Morgan fingerprint density at radius 3 is 2.73 bits per heavy atom. The number of aliphatic hydroxyl groups excluding tert-OH is 1. The maximum absolute atomic E-state index is 12.9. The van der Waals surface area contributed by atoms with Crippen molar-refractivity contribution in [3.05, 3.63) is 53.7 Å². The van der Waals surface area contributed by atoms with Crippen molar-refractivity contribution in [3.8, 4) is 11.4 Å². The van der Waals surface area contributed by atoms with Gasteiger partial charge in [0.05, 0.1) is 6.20 Å². The van der Waals surface area contributed by atoms with Crippen LogP contribution < -0.4 is 0 Å². The Labute approximate surface area is 127 Å². The highest BCUT2D eigenvalue weighted by Gasteiger charge is 2.35. The van der Waals surface area contributed by atoms with Crippen molar-refractivity contribution in [1.82, 2.24) is 15.3 Å². The van der Waals surface area contributed by atoms with Gasteiger partial charge in [-0.2, -0.15) is 13.8 Å². The van der Waals surface area contributed by atoms with E-state index in [0.29, 0.717) is 16.7 Å². The molecule has 114 valence electrons. The number of hydrogen-bond donors (Lipinski definition) is 1. The van der Waals surface area contributed by atoms with E-state index >= 15 is 0 Å². The zero-order valence-corrected chi connectivity index (χ0v) is 11.5. The predicted molar refractivity (Wildman–Crippen MR) is 70.0 cm³/mol. The molecule has 3 aromatic rings. The molecule has 0 aliphatic rings. The molecular weight excluding hydrogens is 320 g/mol. The lowest BCUT2D eigenvalue weighted by molar-refractivity contribution is 0.0551. The highest BCUT2D eigenvalue weighted by atomic mass is 35.5. The standard InChI is InChI=1S/C13H8ClF2N3O3/c14-13(15,16)12-18-11(19-22-12)8-3-1-2-7(4-8)10(20)9-5-17-21-6-9/h1-6,10,20H. The first kappa shape index (κ1) is 14.6. The summed E-state index contributed by atoms with van der Waals surface area (Å²) in [5.41, 5.74) is 1.34. The van der Waals surface area contributed by atoms with E-state index in [2.05, 4.69) is 24.3 Å². The lowest BCUT2D eigenvalue weighted by atomic mass is 10.0. The minimum atomic E-state index is -3.73. The summed E-state index contributed by atoms with van der Waals surface area (Å²) < 4.78 is 34.9. The average molecular weight is 328 g/mol. The summed E-state index contributed by atoms with van der Waals surface area (Å²) in [5, 5.41) is 13.4. The zero-order valence-electron chi connectivity index (χ0n) is 10.8. The number of rotatable bonds is 4. The Morgan fingerprint density at radius 2 is 2.09 bits per heavy atom. The van der Waals surface area contributed by atoms with E-state index in [0.717, 1.165) is 0 Å². The van der Waals surface area contributed by atoms with Crippen LogP contribution in [0.2, 0.25) is 0 Å². The van der Waals surface area contributed by atoms with Gasteiger partial charge in [-0.25, -0.2) is 0 Å². The molecule has 6 nitrogen and oxygen atoms in total. The Kier molecular flexibility index (Phi) is 3.63. The number of nitrogens with zero attached hydrogens (tertiary/aromatic N) is 3. The average Bonchev–Trinajstić information content (AvgIpc) is 3.17. The molecule has 0 amide bonds. The molecule has 9 heteroatoms. The minimum absolute atomic E-state index is 0.0605. The van der Waals surface area contributed by atoms with Crippen molar-refractivity contribution >= 4 is 11.6 Å². The van der Waals surface area contributed by atoms with Gasteiger partial charge in [0.2, 0.25) is 5.82 Å². The van der Waals surface area contributed by atoms with E-state index in [1.807, 2.05) is 0 Å². The fourth-order valence-electron chi connectivity index (χ4n) is 1.84. The summed E-state index contributed by atoms with van der Waals surface area (Å²) in [4.78, 5) is 3.54. The first-order valence-corrected chi connectivity index (χ1v) is 6.41. The summed E-state index contributed by atoms with van der Waals surface area (Å²) in [5.74, 6) is -1.05. The highest BCUT2D eigenvalue weighted by Crippen LogP contribution is 2.32. The number of hydrogen-bond acceptors (Lipinski definition) is 6. The van der Waals surface area contributed by atoms with E-state index in [1.54, 1.807) is 24.3 Å². The molecule has 0 saturated heterocycles. The lowest BCUT2D eigenvalue weighted by Gasteiger charge is -2.08. The van der Waals surface area contributed by atoms with Gasteiger partial charge in [0.25, 0.3) is 0 Å². The maximum atomic E-state index is 12.9. The Balaban J connectivity index is 1.93. The number of aliphatic hydroxyl groups is 1. The van der Waals surface area contributed by atoms with Gasteiger partial charge in [0.15, 0.2) is 0 Å². The van der Waals surface area contributed by atoms with Crippen molar-refractivity contribution in [2.45, 2.75) is 11.5 Å². The van der Waals surface area contributed by atoms with E-state index in [-0.39, 0.29) is 5.82 Å². The fourth-order valence-corrected chi connectivity index (χ4v) is 1.92. The molecule has 0 radical (unpaired) electrons. The van der Waals surface area contributed by atoms with Gasteiger partial charge in [0.1, 0.15) is 12.4 Å². The maximum Gasteiger partial charge on any atom is 0.400 e. The molecule has 0 aliphatic heterocycles. The van der Waals surface area contributed by atoms with Crippen LogP contribution in [0.25, 0.3) is 11.4 Å². The van der Waals surface area contributed by atoms with Crippen molar-refractivity contribution in [2.75, 3.05) is 0 Å². The van der Waals surface area contributed by atoms with Crippen molar-refractivity contribution in [3.63, 3.8) is 0 Å². The Hall–Kier alpha value is -2.32. The SMILES string of the molecule is OC(c1cnoc1)c1cccc(-c2noc(C(F)(F)Cl)n2)c1. The summed E-state index contributed by atoms with van der Waals surface area (Å²) in [6.45, 7) is 0. The molecule has 0 aliphatic carbocycles. The second-order valence-electron chi connectivity index (χ2n) is 4.41. The molecule has 2 aromatic heterocycles. The quantitative estimate of drug-likeness (QED) is 0.741. The number of benzene rings is 1. The molecule has 1 aromatic carbocycles. The van der Waals surface area contributed by atoms with E-state index in [1.165, 1.54) is 12.5 Å². The molecule has 3 rings (SSSR count). The van der Waals surface area contributed by atoms with Gasteiger partial charge in [0, 0.05) is 11.1 Å². The summed E-state index contributed by atoms with van der Waals surface area (Å²) in [6.07, 6.45) is 1.70. The molecule has 22 heavy (non-hydrogen) atoms. The smallest absolute Gasteiger partial charge is 0.383 e. The van der Waals surface area contributed by atoms with Crippen LogP contribution >= 0.6 is 11.6 Å². The van der Waals surface area contributed by atoms with Gasteiger partial charge in [-0.05, 0) is 23.2 Å². The largest absolute Gasteiger partial charge is 0.400 e. The monoisotopic (exact) mass is 327 g/mol. The number of halogens is 3. The zero-order chi connectivity index (χ0) is 15.7. The number of alkyl halides is 3. The molecule has 0 bridgehead atoms. The van der Waals surface area contributed by atoms with Crippen LogP contribution in [0, 0.1) is 0 Å². The third kappa shape index (κ3) is 2.83. The van der Waals surface area contributed by atoms with Crippen LogP contribution in [0.1, 0.15) is 23.1 Å². The van der Waals surface area contributed by atoms with Crippen LogP contribution in [0.4, 0.5) is 8.78 Å². The van der Waals surface area contributed by atoms with Crippen molar-refractivity contribution in [1.29, 1.82) is 0 Å². The summed E-state index contributed by atoms with van der Waals surface area (Å²) in [7, 11) is 0. The van der Waals surface area contributed by atoms with E-state index in [4.69, 9.17) is 11.6 Å². The first-order valence-electron chi connectivity index (χ1n) is 6.04. The lowest BCUT2D eigenvalue weighted by Crippen LogP contribution is -2.03. The van der Waals surface area contributed by atoms with E-state index in [9.17, 15) is 13.9 Å². The number of aromatic nitrogens is 3. The molecular formula is C13H8ClF2N3O3. The third-order valence-electron chi connectivity index (χ3n) is 2.90. The van der Waals surface area contributed by atoms with Crippen LogP contribution in [0.5, 0.6) is 0 Å². The Morgan fingerprint density at radius 1 is 1.27 bits per heavy atom. The summed E-state index contributed by atoms with van der Waals surface area (Å²) >= 11 is 4.82. The third-order valence-corrected chi connectivity index (χ3v) is 3.06. The van der Waals surface area contributed by atoms with Crippen molar-refractivity contribution in [2.24, 2.45) is 0 Å². The summed E-state index contributed by atoms with van der Waals surface area (Å²) in [6, 6.07) is 6.40. The van der Waals surface area contributed by atoms with Gasteiger partial charge in [-0.1, -0.05) is 28.5 Å². The molecule has 1 unspecified atom stereocenters. The molecule has 1 N–H and O–H groups in total. The first-order chi connectivity index (χ1) is 10.4. The predicted octanol–water partition coefficient (Wildman–Crippen LogP) is 3.09. The Bertz CT molecular complexity index is 771. The van der Waals surface area contributed by atoms with Gasteiger partial charge >= 0.3 is 11.3 Å². The topological polar surface area (TPSA) is 85.2 Å². The molecule has 0 saturated carbocycles. The normalized spacial score (nSPS) is 13.3. The van der Waals surface area contributed by atoms with Gasteiger partial charge in [-0.15, -0.1) is 0 Å².